The summed E-state index contributed by atoms with van der Waals surface area (Å²) < 4.78 is 20.7. The van der Waals surface area contributed by atoms with Crippen LogP contribution in [-0.2, 0) is 0 Å². The molecule has 5 rings (SSSR count). The lowest BCUT2D eigenvalue weighted by molar-refractivity contribution is 0.594. The summed E-state index contributed by atoms with van der Waals surface area (Å²) in [4.78, 5) is 0.693. The number of furan rings is 1. The molecule has 0 saturated carbocycles. The second-order valence-electron chi connectivity index (χ2n) is 5.66. The zero-order valence-electron chi connectivity index (χ0n) is 13.3. The first-order valence-electron chi connectivity index (χ1n) is 7.92. The molecular formula is C19H11FN4OS. The average Bonchev–Trinajstić information content (AvgIpc) is 3.38. The van der Waals surface area contributed by atoms with Gasteiger partial charge in [0.2, 0.25) is 4.96 Å². The lowest BCUT2D eigenvalue weighted by atomic mass is 10.2. The third-order valence-corrected chi connectivity index (χ3v) is 4.88. The van der Waals surface area contributed by atoms with Crippen LogP contribution in [0.4, 0.5) is 4.39 Å². The van der Waals surface area contributed by atoms with Gasteiger partial charge < -0.3 is 4.42 Å². The van der Waals surface area contributed by atoms with E-state index in [2.05, 4.69) is 15.3 Å². The molecule has 0 aliphatic heterocycles. The second kappa shape index (κ2) is 5.89. The molecule has 0 bridgehead atoms. The van der Waals surface area contributed by atoms with Gasteiger partial charge in [0, 0.05) is 11.1 Å². The summed E-state index contributed by atoms with van der Waals surface area (Å²) in [5.74, 6) is 1.71. The van der Waals surface area contributed by atoms with Crippen molar-refractivity contribution in [3.8, 4) is 33.5 Å². The fraction of sp³-hybridized carbons (Fsp3) is 0. The van der Waals surface area contributed by atoms with Crippen LogP contribution in [0, 0.1) is 5.82 Å². The van der Waals surface area contributed by atoms with Gasteiger partial charge in [0.15, 0.2) is 16.6 Å². The predicted octanol–water partition coefficient (Wildman–Crippen LogP) is 4.92. The Hall–Kier alpha value is -3.32. The minimum absolute atomic E-state index is 0.275. The Morgan fingerprint density at radius 3 is 2.38 bits per heavy atom. The van der Waals surface area contributed by atoms with Crippen LogP contribution in [0.15, 0.2) is 71.1 Å². The van der Waals surface area contributed by atoms with E-state index in [-0.39, 0.29) is 5.82 Å². The fourth-order valence-corrected chi connectivity index (χ4v) is 3.51. The molecule has 2 aromatic carbocycles. The maximum Gasteiger partial charge on any atom is 0.235 e. The molecule has 0 aliphatic rings. The summed E-state index contributed by atoms with van der Waals surface area (Å²) in [6.07, 6.45) is 0. The van der Waals surface area contributed by atoms with E-state index in [1.807, 2.05) is 42.5 Å². The second-order valence-corrected chi connectivity index (χ2v) is 6.62. The van der Waals surface area contributed by atoms with E-state index in [1.165, 1.54) is 23.5 Å². The quantitative estimate of drug-likeness (QED) is 0.457. The van der Waals surface area contributed by atoms with Crippen LogP contribution in [0.1, 0.15) is 0 Å². The van der Waals surface area contributed by atoms with Gasteiger partial charge in [-0.2, -0.15) is 4.52 Å². The molecule has 0 amide bonds. The molecule has 0 radical (unpaired) electrons. The van der Waals surface area contributed by atoms with Crippen molar-refractivity contribution in [3.05, 3.63) is 72.5 Å². The lowest BCUT2D eigenvalue weighted by Crippen LogP contribution is -1.90. The number of benzene rings is 2. The van der Waals surface area contributed by atoms with E-state index in [9.17, 15) is 4.39 Å². The van der Waals surface area contributed by atoms with E-state index in [0.29, 0.717) is 27.3 Å². The van der Waals surface area contributed by atoms with Crippen LogP contribution in [0.2, 0.25) is 0 Å². The maximum atomic E-state index is 13.1. The standard InChI is InChI=1S/C19H11FN4OS/c20-14-8-6-12(7-9-14)15-10-11-16(25-15)18-23-24-17(21-22-19(24)26-18)13-4-2-1-3-5-13/h1-11H. The normalized spacial score (nSPS) is 11.3. The summed E-state index contributed by atoms with van der Waals surface area (Å²) >= 11 is 1.40. The van der Waals surface area contributed by atoms with E-state index < -0.39 is 0 Å². The highest BCUT2D eigenvalue weighted by Crippen LogP contribution is 2.32. The number of hydrogen-bond acceptors (Lipinski definition) is 5. The van der Waals surface area contributed by atoms with Crippen molar-refractivity contribution in [1.82, 2.24) is 19.8 Å². The van der Waals surface area contributed by atoms with E-state index in [4.69, 9.17) is 4.42 Å². The SMILES string of the molecule is Fc1ccc(-c2ccc(-c3nn4c(-c5ccccc5)nnc4s3)o2)cc1. The molecular weight excluding hydrogens is 351 g/mol. The van der Waals surface area contributed by atoms with Gasteiger partial charge in [-0.25, -0.2) is 4.39 Å². The molecule has 3 aromatic heterocycles. The van der Waals surface area contributed by atoms with Crippen molar-refractivity contribution in [1.29, 1.82) is 0 Å². The first-order chi connectivity index (χ1) is 12.8. The Labute approximate surface area is 151 Å². The average molecular weight is 362 g/mol. The zero-order valence-corrected chi connectivity index (χ0v) is 14.2. The highest BCUT2D eigenvalue weighted by atomic mass is 32.1. The summed E-state index contributed by atoms with van der Waals surface area (Å²) in [5.41, 5.74) is 1.76. The van der Waals surface area contributed by atoms with Crippen LogP contribution >= 0.6 is 11.3 Å². The molecule has 5 nitrogen and oxygen atoms in total. The number of rotatable bonds is 3. The topological polar surface area (TPSA) is 56.2 Å². The zero-order chi connectivity index (χ0) is 17.5. The van der Waals surface area contributed by atoms with Crippen LogP contribution in [-0.4, -0.2) is 19.8 Å². The Balaban J connectivity index is 1.54. The number of nitrogens with zero attached hydrogens (tertiary/aromatic N) is 4. The Kier molecular flexibility index (Phi) is 3.39. The number of aromatic nitrogens is 4. The number of hydrogen-bond donors (Lipinski definition) is 0. The highest BCUT2D eigenvalue weighted by molar-refractivity contribution is 7.19. The third kappa shape index (κ3) is 2.49. The summed E-state index contributed by atoms with van der Waals surface area (Å²) in [7, 11) is 0. The largest absolute Gasteiger partial charge is 0.454 e. The van der Waals surface area contributed by atoms with Crippen molar-refractivity contribution >= 4 is 16.3 Å². The van der Waals surface area contributed by atoms with Gasteiger partial charge in [-0.3, -0.25) is 0 Å². The van der Waals surface area contributed by atoms with E-state index in [0.717, 1.165) is 11.1 Å². The molecule has 0 atom stereocenters. The number of halogens is 1. The Bertz CT molecular complexity index is 1190. The molecule has 5 aromatic rings. The summed E-state index contributed by atoms with van der Waals surface area (Å²) in [5, 5.41) is 13.7. The summed E-state index contributed by atoms with van der Waals surface area (Å²) in [6, 6.07) is 19.7. The van der Waals surface area contributed by atoms with Crippen LogP contribution < -0.4 is 0 Å². The van der Waals surface area contributed by atoms with E-state index >= 15 is 0 Å². The van der Waals surface area contributed by atoms with Crippen molar-refractivity contribution in [2.45, 2.75) is 0 Å². The fourth-order valence-electron chi connectivity index (χ4n) is 2.71. The molecule has 7 heteroatoms. The van der Waals surface area contributed by atoms with Gasteiger partial charge in [-0.05, 0) is 36.4 Å². The first kappa shape index (κ1) is 15.0. The van der Waals surface area contributed by atoms with Gasteiger partial charge >= 0.3 is 0 Å². The Morgan fingerprint density at radius 2 is 1.58 bits per heavy atom. The monoisotopic (exact) mass is 362 g/mol. The van der Waals surface area contributed by atoms with Gasteiger partial charge in [0.25, 0.3) is 0 Å². The van der Waals surface area contributed by atoms with Crippen molar-refractivity contribution < 1.29 is 8.81 Å². The molecule has 0 fully saturated rings. The van der Waals surface area contributed by atoms with Gasteiger partial charge in [0.1, 0.15) is 11.6 Å². The summed E-state index contributed by atoms with van der Waals surface area (Å²) in [6.45, 7) is 0. The predicted molar refractivity (Wildman–Crippen MR) is 97.2 cm³/mol. The minimum atomic E-state index is -0.275. The van der Waals surface area contributed by atoms with Crippen molar-refractivity contribution in [3.63, 3.8) is 0 Å². The first-order valence-corrected chi connectivity index (χ1v) is 8.73. The van der Waals surface area contributed by atoms with Gasteiger partial charge in [0.05, 0.1) is 0 Å². The number of fused-ring (bicyclic) bond motifs is 1. The van der Waals surface area contributed by atoms with E-state index in [1.54, 1.807) is 16.6 Å². The van der Waals surface area contributed by atoms with Crippen LogP contribution in [0.3, 0.4) is 0 Å². The maximum absolute atomic E-state index is 13.1. The molecule has 126 valence electrons. The van der Waals surface area contributed by atoms with Crippen molar-refractivity contribution in [2.24, 2.45) is 0 Å². The van der Waals surface area contributed by atoms with Crippen molar-refractivity contribution in [2.75, 3.05) is 0 Å². The third-order valence-electron chi connectivity index (χ3n) is 3.97. The molecule has 0 spiro atoms. The molecule has 0 N–H and O–H groups in total. The lowest BCUT2D eigenvalue weighted by Gasteiger charge is -1.96. The molecule has 3 heterocycles. The van der Waals surface area contributed by atoms with Crippen LogP contribution in [0.5, 0.6) is 0 Å². The molecule has 0 aliphatic carbocycles. The van der Waals surface area contributed by atoms with Gasteiger partial charge in [-0.1, -0.05) is 41.7 Å². The smallest absolute Gasteiger partial charge is 0.235 e. The Morgan fingerprint density at radius 1 is 0.808 bits per heavy atom. The minimum Gasteiger partial charge on any atom is -0.454 e. The molecule has 0 unspecified atom stereocenters. The highest BCUT2D eigenvalue weighted by Gasteiger charge is 2.16. The van der Waals surface area contributed by atoms with Gasteiger partial charge in [-0.15, -0.1) is 15.3 Å². The van der Waals surface area contributed by atoms with Crippen LogP contribution in [0.25, 0.3) is 38.4 Å². The molecule has 0 saturated heterocycles. The molecule has 26 heavy (non-hydrogen) atoms.